The first-order chi connectivity index (χ1) is 8.70. The van der Waals surface area contributed by atoms with Crippen LogP contribution in [0.25, 0.3) is 0 Å². The highest BCUT2D eigenvalue weighted by Crippen LogP contribution is 2.30. The first-order valence-corrected chi connectivity index (χ1v) is 7.13. The maximum atomic E-state index is 9.34. The van der Waals surface area contributed by atoms with Gasteiger partial charge in [0, 0.05) is 21.2 Å². The second-order valence-electron chi connectivity index (χ2n) is 4.15. The van der Waals surface area contributed by atoms with Gasteiger partial charge in [-0.2, -0.15) is 0 Å². The van der Waals surface area contributed by atoms with Crippen LogP contribution in [-0.2, 0) is 12.4 Å². The number of halogens is 1. The lowest BCUT2D eigenvalue weighted by Gasteiger charge is -2.09. The molecule has 1 nitrogen and oxygen atoms in total. The highest BCUT2D eigenvalue weighted by molar-refractivity contribution is 7.98. The number of thioether (sulfide) groups is 1. The Hall–Kier alpha value is -0.960. The largest absolute Gasteiger partial charge is 0.392 e. The van der Waals surface area contributed by atoms with Crippen LogP contribution >= 0.6 is 23.4 Å². The van der Waals surface area contributed by atoms with Gasteiger partial charge in [0.2, 0.25) is 0 Å². The molecule has 1 N–H and O–H groups in total. The van der Waals surface area contributed by atoms with Gasteiger partial charge >= 0.3 is 0 Å². The number of hydrogen-bond acceptors (Lipinski definition) is 2. The zero-order chi connectivity index (χ0) is 13.0. The summed E-state index contributed by atoms with van der Waals surface area (Å²) in [5.74, 6) is 0.884. The number of benzene rings is 2. The van der Waals surface area contributed by atoms with E-state index in [1.165, 1.54) is 11.1 Å². The summed E-state index contributed by atoms with van der Waals surface area (Å²) in [4.78, 5) is 1.05. The summed E-state index contributed by atoms with van der Waals surface area (Å²) in [5.41, 5.74) is 3.36. The van der Waals surface area contributed by atoms with Crippen LogP contribution in [0.3, 0.4) is 0 Å². The smallest absolute Gasteiger partial charge is 0.0707 e. The van der Waals surface area contributed by atoms with E-state index in [0.29, 0.717) is 5.02 Å². The van der Waals surface area contributed by atoms with Crippen LogP contribution in [0.15, 0.2) is 47.4 Å². The third kappa shape index (κ3) is 3.29. The molecule has 0 fully saturated rings. The van der Waals surface area contributed by atoms with E-state index in [4.69, 9.17) is 11.6 Å². The lowest BCUT2D eigenvalue weighted by molar-refractivity contribution is 0.279. The summed E-state index contributed by atoms with van der Waals surface area (Å²) in [5, 5.41) is 9.97. The molecule has 0 radical (unpaired) electrons. The van der Waals surface area contributed by atoms with Crippen LogP contribution < -0.4 is 0 Å². The van der Waals surface area contributed by atoms with E-state index in [1.54, 1.807) is 11.8 Å². The molecule has 3 heteroatoms. The Morgan fingerprint density at radius 1 is 1.17 bits per heavy atom. The predicted octanol–water partition coefficient (Wildman–Crippen LogP) is 4.43. The molecular formula is C15H15ClOS. The minimum atomic E-state index is -0.0180. The molecule has 94 valence electrons. The van der Waals surface area contributed by atoms with Gasteiger partial charge in [-0.1, -0.05) is 47.5 Å². The molecule has 0 aliphatic heterocycles. The molecule has 0 spiro atoms. The van der Waals surface area contributed by atoms with Crippen molar-refractivity contribution in [2.75, 3.05) is 0 Å². The molecule has 0 unspecified atom stereocenters. The van der Waals surface area contributed by atoms with Crippen molar-refractivity contribution < 1.29 is 5.11 Å². The van der Waals surface area contributed by atoms with Crippen molar-refractivity contribution in [1.29, 1.82) is 0 Å². The van der Waals surface area contributed by atoms with Gasteiger partial charge in [-0.25, -0.2) is 0 Å². The van der Waals surface area contributed by atoms with Crippen LogP contribution in [0.2, 0.25) is 5.02 Å². The average Bonchev–Trinajstić information content (AvgIpc) is 2.36. The molecule has 0 saturated carbocycles. The molecule has 0 heterocycles. The lowest BCUT2D eigenvalue weighted by atomic mass is 10.2. The fourth-order valence-corrected chi connectivity index (χ4v) is 3.11. The number of hydrogen-bond donors (Lipinski definition) is 1. The second-order valence-corrected chi connectivity index (χ2v) is 5.58. The Balaban J connectivity index is 2.13. The van der Waals surface area contributed by atoms with Crippen LogP contribution in [0.5, 0.6) is 0 Å². The maximum absolute atomic E-state index is 9.34. The molecule has 0 saturated heterocycles. The van der Waals surface area contributed by atoms with Gasteiger partial charge in [0.05, 0.1) is 6.61 Å². The summed E-state index contributed by atoms with van der Waals surface area (Å²) in [6.07, 6.45) is 0. The van der Waals surface area contributed by atoms with Gasteiger partial charge < -0.3 is 5.11 Å². The van der Waals surface area contributed by atoms with Crippen LogP contribution in [0, 0.1) is 6.92 Å². The van der Waals surface area contributed by atoms with Crippen molar-refractivity contribution in [3.63, 3.8) is 0 Å². The Labute approximate surface area is 117 Å². The summed E-state index contributed by atoms with van der Waals surface area (Å²) in [6.45, 7) is 2.07. The predicted molar refractivity (Wildman–Crippen MR) is 78.1 cm³/mol. The summed E-state index contributed by atoms with van der Waals surface area (Å²) >= 11 is 7.77. The zero-order valence-electron chi connectivity index (χ0n) is 10.2. The molecule has 2 aromatic carbocycles. The van der Waals surface area contributed by atoms with Gasteiger partial charge in [-0.3, -0.25) is 0 Å². The molecule has 0 aliphatic carbocycles. The minimum Gasteiger partial charge on any atom is -0.392 e. The molecule has 0 atom stereocenters. The van der Waals surface area contributed by atoms with Crippen molar-refractivity contribution >= 4 is 23.4 Å². The molecule has 0 aliphatic rings. The van der Waals surface area contributed by atoms with E-state index in [0.717, 1.165) is 16.2 Å². The quantitative estimate of drug-likeness (QED) is 0.835. The Morgan fingerprint density at radius 3 is 2.67 bits per heavy atom. The topological polar surface area (TPSA) is 20.2 Å². The zero-order valence-corrected chi connectivity index (χ0v) is 11.8. The fraction of sp³-hybridized carbons (Fsp3) is 0.200. The third-order valence-electron chi connectivity index (χ3n) is 2.71. The Kier molecular flexibility index (Phi) is 4.70. The molecule has 18 heavy (non-hydrogen) atoms. The van der Waals surface area contributed by atoms with Crippen molar-refractivity contribution in [3.8, 4) is 0 Å². The van der Waals surface area contributed by atoms with Gasteiger partial charge in [0.25, 0.3) is 0 Å². The molecular weight excluding hydrogens is 264 g/mol. The summed E-state index contributed by atoms with van der Waals surface area (Å²) in [6, 6.07) is 14.2. The van der Waals surface area contributed by atoms with Crippen molar-refractivity contribution in [3.05, 3.63) is 64.2 Å². The minimum absolute atomic E-state index is 0.0180. The van der Waals surface area contributed by atoms with Crippen molar-refractivity contribution in [1.82, 2.24) is 0 Å². The van der Waals surface area contributed by atoms with Gasteiger partial charge in [-0.05, 0) is 24.6 Å². The van der Waals surface area contributed by atoms with E-state index in [-0.39, 0.29) is 6.61 Å². The maximum Gasteiger partial charge on any atom is 0.0707 e. The first-order valence-electron chi connectivity index (χ1n) is 5.77. The Bertz CT molecular complexity index is 540. The van der Waals surface area contributed by atoms with Gasteiger partial charge in [0.15, 0.2) is 0 Å². The van der Waals surface area contributed by atoms with Crippen molar-refractivity contribution in [2.45, 2.75) is 24.2 Å². The third-order valence-corrected chi connectivity index (χ3v) is 4.24. The SMILES string of the molecule is Cc1cccc(CSc2cccc(Cl)c2CO)c1. The number of rotatable bonds is 4. The Morgan fingerprint density at radius 2 is 1.94 bits per heavy atom. The van der Waals surface area contributed by atoms with Crippen molar-refractivity contribution in [2.24, 2.45) is 0 Å². The number of aliphatic hydroxyl groups excluding tert-OH is 1. The molecule has 0 aromatic heterocycles. The average molecular weight is 279 g/mol. The molecule has 0 amide bonds. The highest BCUT2D eigenvalue weighted by Gasteiger charge is 2.06. The summed E-state index contributed by atoms with van der Waals surface area (Å²) < 4.78 is 0. The van der Waals surface area contributed by atoms with E-state index < -0.39 is 0 Å². The van der Waals surface area contributed by atoms with E-state index in [2.05, 4.69) is 31.2 Å². The lowest BCUT2D eigenvalue weighted by Crippen LogP contribution is -1.90. The molecule has 2 aromatic rings. The van der Waals surface area contributed by atoms with Crippen LogP contribution in [-0.4, -0.2) is 5.11 Å². The van der Waals surface area contributed by atoms with Gasteiger partial charge in [0.1, 0.15) is 0 Å². The van der Waals surface area contributed by atoms with E-state index in [1.807, 2.05) is 18.2 Å². The first kappa shape index (κ1) is 13.5. The normalized spacial score (nSPS) is 10.6. The second kappa shape index (κ2) is 6.28. The number of aliphatic hydroxyl groups is 1. The number of aryl methyl sites for hydroxylation is 1. The molecule has 0 bridgehead atoms. The van der Waals surface area contributed by atoms with Crippen LogP contribution in [0.1, 0.15) is 16.7 Å². The highest BCUT2D eigenvalue weighted by atomic mass is 35.5. The standard InChI is InChI=1S/C15H15ClOS/c1-11-4-2-5-12(8-11)10-18-15-7-3-6-14(16)13(15)9-17/h2-8,17H,9-10H2,1H3. The van der Waals surface area contributed by atoms with E-state index in [9.17, 15) is 5.11 Å². The van der Waals surface area contributed by atoms with Crippen LogP contribution in [0.4, 0.5) is 0 Å². The van der Waals surface area contributed by atoms with E-state index >= 15 is 0 Å². The summed E-state index contributed by atoms with van der Waals surface area (Å²) in [7, 11) is 0. The fourth-order valence-electron chi connectivity index (χ4n) is 1.79. The molecule has 2 rings (SSSR count). The van der Waals surface area contributed by atoms with Gasteiger partial charge in [-0.15, -0.1) is 11.8 Å². The monoisotopic (exact) mass is 278 g/mol.